The maximum Gasteiger partial charge on any atom is 0.245 e. The monoisotopic (exact) mass is 299 g/mol. The molecule has 1 unspecified atom stereocenters. The molecule has 1 aromatic carbocycles. The first-order valence-electron chi connectivity index (χ1n) is 5.54. The van der Waals surface area contributed by atoms with E-state index in [1.54, 1.807) is 24.3 Å². The zero-order valence-corrected chi connectivity index (χ0v) is 11.8. The van der Waals surface area contributed by atoms with Gasteiger partial charge in [-0.3, -0.25) is 9.10 Å². The van der Waals surface area contributed by atoms with Gasteiger partial charge >= 0.3 is 0 Å². The van der Waals surface area contributed by atoms with Crippen LogP contribution in [0.1, 0.15) is 6.92 Å². The van der Waals surface area contributed by atoms with Crippen LogP contribution in [0.25, 0.3) is 0 Å². The number of nitrogens with one attached hydrogen (secondary N) is 1. The molecule has 1 amide bonds. The van der Waals surface area contributed by atoms with Crippen LogP contribution in [0.2, 0.25) is 0 Å². The average Bonchev–Trinajstić information content (AvgIpc) is 2.36. The summed E-state index contributed by atoms with van der Waals surface area (Å²) < 4.78 is 25.9. The van der Waals surface area contributed by atoms with Gasteiger partial charge in [0.15, 0.2) is 0 Å². The molecule has 2 rings (SSSR count). The van der Waals surface area contributed by atoms with E-state index in [0.717, 1.165) is 4.31 Å². The average molecular weight is 299 g/mol. The first-order valence-corrected chi connectivity index (χ1v) is 7.45. The largest absolute Gasteiger partial charge is 0.392 e. The number of nitrogens with zero attached hydrogens (tertiary/aromatic N) is 1. The van der Waals surface area contributed by atoms with E-state index < -0.39 is 21.2 Å². The smallest absolute Gasteiger partial charge is 0.245 e. The Balaban J connectivity index is 2.52. The number of sulfonamides is 1. The normalized spacial score (nSPS) is 16.5. The summed E-state index contributed by atoms with van der Waals surface area (Å²) >= 11 is 4.74. The Morgan fingerprint density at radius 1 is 1.47 bits per heavy atom. The number of nitrogens with two attached hydrogens (primary N) is 1. The molecule has 1 aromatic rings. The maximum absolute atomic E-state index is 12.4. The minimum atomic E-state index is -3.80. The van der Waals surface area contributed by atoms with Gasteiger partial charge in [-0.1, -0.05) is 24.4 Å². The van der Waals surface area contributed by atoms with Gasteiger partial charge in [0.2, 0.25) is 15.9 Å². The van der Waals surface area contributed by atoms with Gasteiger partial charge in [-0.25, -0.2) is 8.42 Å². The molecule has 0 saturated heterocycles. The van der Waals surface area contributed by atoms with Crippen molar-refractivity contribution < 1.29 is 13.2 Å². The number of carbonyl (C=O) groups excluding carboxylic acids is 1. The van der Waals surface area contributed by atoms with E-state index in [4.69, 9.17) is 18.0 Å². The maximum atomic E-state index is 12.4. The van der Waals surface area contributed by atoms with Crippen molar-refractivity contribution in [1.29, 1.82) is 0 Å². The third-order valence-corrected chi connectivity index (χ3v) is 5.48. The second-order valence-electron chi connectivity index (χ2n) is 4.16. The van der Waals surface area contributed by atoms with Gasteiger partial charge in [0, 0.05) is 0 Å². The van der Waals surface area contributed by atoms with Gasteiger partial charge in [-0.15, -0.1) is 0 Å². The molecular weight excluding hydrogens is 286 g/mol. The number of hydrogen-bond donors (Lipinski definition) is 2. The molecule has 19 heavy (non-hydrogen) atoms. The first-order chi connectivity index (χ1) is 8.84. The third kappa shape index (κ3) is 2.41. The number of benzene rings is 1. The molecule has 0 bridgehead atoms. The van der Waals surface area contributed by atoms with Crippen molar-refractivity contribution in [3.8, 4) is 0 Å². The predicted molar refractivity (Wildman–Crippen MR) is 77.6 cm³/mol. The number of carbonyl (C=O) groups is 1. The fraction of sp³-hybridized carbons (Fsp3) is 0.273. The number of fused-ring (bicyclic) bond motifs is 1. The van der Waals surface area contributed by atoms with Gasteiger partial charge in [-0.2, -0.15) is 0 Å². The predicted octanol–water partition coefficient (Wildman–Crippen LogP) is 0.450. The standard InChI is InChI=1S/C11H13N3O3S2/c1-7(11(12)18)19(16,17)14-6-10(15)13-8-4-2-3-5-9(8)14/h2-5,7H,6H2,1H3,(H2,12,18)(H,13,15). The van der Waals surface area contributed by atoms with Crippen LogP contribution in [-0.2, 0) is 14.8 Å². The molecule has 0 aliphatic carbocycles. The number of anilines is 2. The van der Waals surface area contributed by atoms with Gasteiger partial charge in [0.25, 0.3) is 0 Å². The Labute approximate surface area is 116 Å². The van der Waals surface area contributed by atoms with Crippen molar-refractivity contribution in [1.82, 2.24) is 0 Å². The third-order valence-electron chi connectivity index (χ3n) is 2.89. The highest BCUT2D eigenvalue weighted by atomic mass is 32.2. The zero-order valence-electron chi connectivity index (χ0n) is 10.2. The molecule has 8 heteroatoms. The van der Waals surface area contributed by atoms with E-state index in [1.165, 1.54) is 6.92 Å². The van der Waals surface area contributed by atoms with E-state index in [9.17, 15) is 13.2 Å². The van der Waals surface area contributed by atoms with Crippen LogP contribution in [0.5, 0.6) is 0 Å². The summed E-state index contributed by atoms with van der Waals surface area (Å²) in [6.45, 7) is 1.14. The molecule has 3 N–H and O–H groups in total. The fourth-order valence-electron chi connectivity index (χ4n) is 1.77. The summed E-state index contributed by atoms with van der Waals surface area (Å²) in [5.41, 5.74) is 6.29. The summed E-state index contributed by atoms with van der Waals surface area (Å²) in [6, 6.07) is 6.68. The molecule has 0 saturated carbocycles. The lowest BCUT2D eigenvalue weighted by atomic mass is 10.2. The molecule has 0 spiro atoms. The molecule has 1 heterocycles. The number of thiocarbonyl (C=S) groups is 1. The van der Waals surface area contributed by atoms with Crippen LogP contribution >= 0.6 is 12.2 Å². The van der Waals surface area contributed by atoms with Gasteiger partial charge in [0.1, 0.15) is 11.8 Å². The number of para-hydroxylation sites is 2. The topological polar surface area (TPSA) is 92.5 Å². The van der Waals surface area contributed by atoms with Crippen molar-refractivity contribution >= 4 is 44.5 Å². The van der Waals surface area contributed by atoms with E-state index in [1.807, 2.05) is 0 Å². The summed E-state index contributed by atoms with van der Waals surface area (Å²) in [5, 5.41) is 1.59. The second kappa shape index (κ2) is 4.78. The van der Waals surface area contributed by atoms with Gasteiger partial charge < -0.3 is 11.1 Å². The summed E-state index contributed by atoms with van der Waals surface area (Å²) in [7, 11) is -3.80. The number of hydrogen-bond acceptors (Lipinski definition) is 4. The zero-order chi connectivity index (χ0) is 14.2. The summed E-state index contributed by atoms with van der Waals surface area (Å²) in [4.78, 5) is 11.5. The molecule has 102 valence electrons. The molecule has 1 aliphatic heterocycles. The van der Waals surface area contributed by atoms with E-state index in [2.05, 4.69) is 5.32 Å². The molecule has 0 fully saturated rings. The van der Waals surface area contributed by atoms with Crippen molar-refractivity contribution in [2.45, 2.75) is 12.2 Å². The minimum absolute atomic E-state index is 0.122. The highest BCUT2D eigenvalue weighted by molar-refractivity contribution is 7.95. The molecule has 1 atom stereocenters. The van der Waals surface area contributed by atoms with E-state index in [-0.39, 0.29) is 11.5 Å². The van der Waals surface area contributed by atoms with Gasteiger partial charge in [0.05, 0.1) is 16.4 Å². The van der Waals surface area contributed by atoms with E-state index in [0.29, 0.717) is 11.4 Å². The lowest BCUT2D eigenvalue weighted by Crippen LogP contribution is -2.48. The first kappa shape index (κ1) is 13.8. The van der Waals surface area contributed by atoms with Crippen molar-refractivity contribution in [2.24, 2.45) is 5.73 Å². The number of amides is 1. The van der Waals surface area contributed by atoms with Gasteiger partial charge in [-0.05, 0) is 19.1 Å². The van der Waals surface area contributed by atoms with Crippen LogP contribution < -0.4 is 15.4 Å². The van der Waals surface area contributed by atoms with E-state index >= 15 is 0 Å². The minimum Gasteiger partial charge on any atom is -0.392 e. The molecular formula is C11H13N3O3S2. The van der Waals surface area contributed by atoms with Crippen molar-refractivity contribution in [3.63, 3.8) is 0 Å². The molecule has 0 radical (unpaired) electrons. The molecule has 1 aliphatic rings. The van der Waals surface area contributed by atoms with Crippen LogP contribution in [-0.4, -0.2) is 31.1 Å². The Morgan fingerprint density at radius 3 is 2.74 bits per heavy atom. The summed E-state index contributed by atoms with van der Waals surface area (Å²) in [6.07, 6.45) is 0. The molecule has 0 aromatic heterocycles. The highest BCUT2D eigenvalue weighted by Gasteiger charge is 2.35. The van der Waals surface area contributed by atoms with Crippen LogP contribution in [0.4, 0.5) is 11.4 Å². The second-order valence-corrected chi connectivity index (χ2v) is 6.81. The lowest BCUT2D eigenvalue weighted by Gasteiger charge is -2.31. The Bertz CT molecular complexity index is 642. The Morgan fingerprint density at radius 2 is 2.11 bits per heavy atom. The Kier molecular flexibility index (Phi) is 3.46. The van der Waals surface area contributed by atoms with Crippen molar-refractivity contribution in [3.05, 3.63) is 24.3 Å². The highest BCUT2D eigenvalue weighted by Crippen LogP contribution is 2.32. The lowest BCUT2D eigenvalue weighted by molar-refractivity contribution is -0.115. The van der Waals surface area contributed by atoms with Crippen LogP contribution in [0, 0.1) is 0 Å². The quantitative estimate of drug-likeness (QED) is 0.791. The fourth-order valence-corrected chi connectivity index (χ4v) is 3.54. The Hall–Kier alpha value is -1.67. The molecule has 6 nitrogen and oxygen atoms in total. The van der Waals surface area contributed by atoms with Crippen molar-refractivity contribution in [2.75, 3.05) is 16.2 Å². The SMILES string of the molecule is CC(C(N)=S)S(=O)(=O)N1CC(=O)Nc2ccccc21. The van der Waals surface area contributed by atoms with Crippen LogP contribution in [0.15, 0.2) is 24.3 Å². The number of rotatable bonds is 3. The summed E-state index contributed by atoms with van der Waals surface area (Å²) in [5.74, 6) is -0.391. The van der Waals surface area contributed by atoms with Crippen LogP contribution in [0.3, 0.4) is 0 Å².